The van der Waals surface area contributed by atoms with E-state index in [0.29, 0.717) is 10.4 Å². The third-order valence-electron chi connectivity index (χ3n) is 3.02. The van der Waals surface area contributed by atoms with Crippen LogP contribution < -0.4 is 0 Å². The molecule has 3 aromatic rings. The molecule has 1 aromatic heterocycles. The van der Waals surface area contributed by atoms with Crippen LogP contribution in [-0.4, -0.2) is 13.4 Å². The summed E-state index contributed by atoms with van der Waals surface area (Å²) < 4.78 is 26.1. The van der Waals surface area contributed by atoms with Gasteiger partial charge in [-0.3, -0.25) is 0 Å². The van der Waals surface area contributed by atoms with Gasteiger partial charge in [0.15, 0.2) is 0 Å². The van der Waals surface area contributed by atoms with E-state index in [1.165, 1.54) is 18.3 Å². The Kier molecular flexibility index (Phi) is 3.36. The second-order valence-electron chi connectivity index (χ2n) is 4.30. The molecule has 0 spiro atoms. The van der Waals surface area contributed by atoms with Gasteiger partial charge in [-0.1, -0.05) is 27.5 Å². The van der Waals surface area contributed by atoms with Crippen LogP contribution in [0.3, 0.4) is 0 Å². The minimum absolute atomic E-state index is 0.225. The van der Waals surface area contributed by atoms with Crippen molar-refractivity contribution in [2.24, 2.45) is 0 Å². The number of benzene rings is 2. The maximum Gasteiger partial charge on any atom is 0.208 e. The first-order valence-corrected chi connectivity index (χ1v) is 8.41. The van der Waals surface area contributed by atoms with Crippen molar-refractivity contribution in [2.45, 2.75) is 9.79 Å². The molecule has 0 aliphatic carbocycles. The number of nitrogens with one attached hydrogen (secondary N) is 1. The van der Waals surface area contributed by atoms with Crippen LogP contribution in [0.15, 0.2) is 62.9 Å². The molecule has 0 bridgehead atoms. The molecule has 2 aromatic carbocycles. The normalized spacial score (nSPS) is 11.9. The summed E-state index contributed by atoms with van der Waals surface area (Å²) in [5.41, 5.74) is 0.778. The smallest absolute Gasteiger partial charge is 0.208 e. The Morgan fingerprint density at radius 1 is 1.05 bits per heavy atom. The van der Waals surface area contributed by atoms with Crippen LogP contribution in [-0.2, 0) is 9.84 Å². The summed E-state index contributed by atoms with van der Waals surface area (Å²) in [6.07, 6.45) is 1.51. The third kappa shape index (κ3) is 2.26. The van der Waals surface area contributed by atoms with Crippen molar-refractivity contribution < 1.29 is 8.42 Å². The van der Waals surface area contributed by atoms with E-state index in [1.807, 2.05) is 12.1 Å². The molecule has 0 amide bonds. The maximum atomic E-state index is 12.7. The molecule has 102 valence electrons. The van der Waals surface area contributed by atoms with E-state index in [1.54, 1.807) is 18.2 Å². The van der Waals surface area contributed by atoms with Gasteiger partial charge in [0.25, 0.3) is 0 Å². The van der Waals surface area contributed by atoms with E-state index in [9.17, 15) is 8.42 Å². The fourth-order valence-electron chi connectivity index (χ4n) is 2.03. The van der Waals surface area contributed by atoms with Gasteiger partial charge < -0.3 is 4.98 Å². The van der Waals surface area contributed by atoms with Gasteiger partial charge in [0.2, 0.25) is 9.84 Å². The number of aromatic amines is 1. The lowest BCUT2D eigenvalue weighted by Crippen LogP contribution is -2.00. The molecule has 0 fully saturated rings. The molecule has 0 atom stereocenters. The molecule has 3 rings (SSSR count). The van der Waals surface area contributed by atoms with Crippen molar-refractivity contribution in [3.05, 3.63) is 58.2 Å². The topological polar surface area (TPSA) is 49.9 Å². The van der Waals surface area contributed by atoms with E-state index in [0.717, 1.165) is 9.99 Å². The van der Waals surface area contributed by atoms with Crippen molar-refractivity contribution in [2.75, 3.05) is 0 Å². The summed E-state index contributed by atoms with van der Waals surface area (Å²) in [6, 6.07) is 11.6. The van der Waals surface area contributed by atoms with E-state index < -0.39 is 9.84 Å². The molecular weight excluding hydrogens is 362 g/mol. The standard InChI is InChI=1S/C14H9BrClNO2S/c15-9-1-6-13-12(7-9)14(8-17-13)20(18,19)11-4-2-10(16)3-5-11/h1-8,17H. The number of halogens is 2. The first-order valence-electron chi connectivity index (χ1n) is 5.76. The SMILES string of the molecule is O=S(=O)(c1ccc(Cl)cc1)c1c[nH]c2ccc(Br)cc12. The van der Waals surface area contributed by atoms with Gasteiger partial charge >= 0.3 is 0 Å². The van der Waals surface area contributed by atoms with Crippen LogP contribution >= 0.6 is 27.5 Å². The Bertz CT molecular complexity index is 885. The summed E-state index contributed by atoms with van der Waals surface area (Å²) in [4.78, 5) is 3.46. The Morgan fingerprint density at radius 3 is 2.45 bits per heavy atom. The molecule has 1 heterocycles. The van der Waals surface area contributed by atoms with Gasteiger partial charge in [0.1, 0.15) is 0 Å². The zero-order chi connectivity index (χ0) is 14.3. The number of sulfone groups is 1. The van der Waals surface area contributed by atoms with Gasteiger partial charge in [-0.05, 0) is 42.5 Å². The Balaban J connectivity index is 2.23. The summed E-state index contributed by atoms with van der Waals surface area (Å²) in [6.45, 7) is 0. The summed E-state index contributed by atoms with van der Waals surface area (Å²) in [5.74, 6) is 0. The van der Waals surface area contributed by atoms with Crippen LogP contribution in [0, 0.1) is 0 Å². The van der Waals surface area contributed by atoms with Gasteiger partial charge in [-0.2, -0.15) is 0 Å². The highest BCUT2D eigenvalue weighted by Crippen LogP contribution is 2.30. The molecule has 6 heteroatoms. The number of hydrogen-bond acceptors (Lipinski definition) is 2. The van der Waals surface area contributed by atoms with E-state index in [2.05, 4.69) is 20.9 Å². The fourth-order valence-corrected chi connectivity index (χ4v) is 3.94. The van der Waals surface area contributed by atoms with E-state index in [-0.39, 0.29) is 9.79 Å². The van der Waals surface area contributed by atoms with Crippen molar-refractivity contribution in [3.8, 4) is 0 Å². The molecule has 1 N–H and O–H groups in total. The summed E-state index contributed by atoms with van der Waals surface area (Å²) in [7, 11) is -3.57. The number of H-pyrrole nitrogens is 1. The summed E-state index contributed by atoms with van der Waals surface area (Å²) in [5, 5.41) is 1.17. The highest BCUT2D eigenvalue weighted by molar-refractivity contribution is 9.10. The highest BCUT2D eigenvalue weighted by atomic mass is 79.9. The molecule has 0 unspecified atom stereocenters. The maximum absolute atomic E-state index is 12.7. The quantitative estimate of drug-likeness (QED) is 0.726. The number of aromatic nitrogens is 1. The van der Waals surface area contributed by atoms with Crippen LogP contribution in [0.1, 0.15) is 0 Å². The largest absolute Gasteiger partial charge is 0.360 e. The molecule has 3 nitrogen and oxygen atoms in total. The lowest BCUT2D eigenvalue weighted by Gasteiger charge is -2.03. The monoisotopic (exact) mass is 369 g/mol. The van der Waals surface area contributed by atoms with Gasteiger partial charge in [-0.25, -0.2) is 8.42 Å². The second-order valence-corrected chi connectivity index (χ2v) is 7.57. The Labute approximate surface area is 129 Å². The van der Waals surface area contributed by atoms with Crippen LogP contribution in [0.5, 0.6) is 0 Å². The van der Waals surface area contributed by atoms with Crippen molar-refractivity contribution in [1.29, 1.82) is 0 Å². The molecule has 0 radical (unpaired) electrons. The highest BCUT2D eigenvalue weighted by Gasteiger charge is 2.21. The minimum Gasteiger partial charge on any atom is -0.360 e. The second kappa shape index (κ2) is 4.91. The number of hydrogen-bond donors (Lipinski definition) is 1. The average molecular weight is 371 g/mol. The van der Waals surface area contributed by atoms with Crippen molar-refractivity contribution in [1.82, 2.24) is 4.98 Å². The molecular formula is C14H9BrClNO2S. The van der Waals surface area contributed by atoms with Crippen molar-refractivity contribution >= 4 is 48.3 Å². The van der Waals surface area contributed by atoms with Crippen LogP contribution in [0.25, 0.3) is 10.9 Å². The lowest BCUT2D eigenvalue weighted by molar-refractivity contribution is 0.597. The van der Waals surface area contributed by atoms with E-state index in [4.69, 9.17) is 11.6 Å². The van der Waals surface area contributed by atoms with Crippen molar-refractivity contribution in [3.63, 3.8) is 0 Å². The molecule has 0 saturated heterocycles. The van der Waals surface area contributed by atoms with Crippen LogP contribution in [0.2, 0.25) is 5.02 Å². The first kappa shape index (κ1) is 13.7. The average Bonchev–Trinajstić information content (AvgIpc) is 2.82. The predicted octanol–water partition coefficient (Wildman–Crippen LogP) is 4.42. The Morgan fingerprint density at radius 2 is 1.75 bits per heavy atom. The molecule has 20 heavy (non-hydrogen) atoms. The predicted molar refractivity (Wildman–Crippen MR) is 82.9 cm³/mol. The van der Waals surface area contributed by atoms with Gasteiger partial charge in [0, 0.05) is 26.6 Å². The Hall–Kier alpha value is -1.30. The minimum atomic E-state index is -3.57. The third-order valence-corrected chi connectivity index (χ3v) is 5.57. The van der Waals surface area contributed by atoms with Gasteiger partial charge in [0.05, 0.1) is 9.79 Å². The molecule has 0 aliphatic heterocycles. The van der Waals surface area contributed by atoms with Crippen LogP contribution in [0.4, 0.5) is 0 Å². The number of fused-ring (bicyclic) bond motifs is 1. The zero-order valence-electron chi connectivity index (χ0n) is 10.1. The van der Waals surface area contributed by atoms with Gasteiger partial charge in [-0.15, -0.1) is 0 Å². The number of rotatable bonds is 2. The fraction of sp³-hybridized carbons (Fsp3) is 0. The summed E-state index contributed by atoms with van der Waals surface area (Å²) >= 11 is 9.15. The first-order chi connectivity index (χ1) is 9.48. The zero-order valence-corrected chi connectivity index (χ0v) is 13.3. The molecule has 0 saturated carbocycles. The lowest BCUT2D eigenvalue weighted by atomic mass is 10.2. The molecule has 0 aliphatic rings. The van der Waals surface area contributed by atoms with E-state index >= 15 is 0 Å².